The van der Waals surface area contributed by atoms with Crippen LogP contribution in [0.4, 0.5) is 0 Å². The van der Waals surface area contributed by atoms with E-state index in [0.29, 0.717) is 6.04 Å². The summed E-state index contributed by atoms with van der Waals surface area (Å²) in [5.74, 6) is 0.919. The van der Waals surface area contributed by atoms with Crippen LogP contribution in [-0.2, 0) is 0 Å². The van der Waals surface area contributed by atoms with Gasteiger partial charge in [-0.3, -0.25) is 4.90 Å². The highest BCUT2D eigenvalue weighted by Crippen LogP contribution is 2.31. The Kier molecular flexibility index (Phi) is 6.72. The third kappa shape index (κ3) is 4.82. The molecule has 2 heteroatoms. The minimum absolute atomic E-state index is 0.496. The predicted octanol–water partition coefficient (Wildman–Crippen LogP) is 4.24. The summed E-state index contributed by atoms with van der Waals surface area (Å²) in [6.07, 6.45) is 6.69. The Morgan fingerprint density at radius 1 is 1.14 bits per heavy atom. The van der Waals surface area contributed by atoms with E-state index in [9.17, 15) is 0 Å². The monoisotopic (exact) mass is 288 g/mol. The van der Waals surface area contributed by atoms with Crippen LogP contribution in [0.5, 0.6) is 0 Å². The topological polar surface area (TPSA) is 15.3 Å². The molecule has 1 fully saturated rings. The molecule has 21 heavy (non-hydrogen) atoms. The fraction of sp³-hybridized carbons (Fsp3) is 0.684. The molecule has 1 unspecified atom stereocenters. The highest BCUT2D eigenvalue weighted by molar-refractivity contribution is 5.19. The van der Waals surface area contributed by atoms with E-state index in [-0.39, 0.29) is 0 Å². The molecule has 0 bridgehead atoms. The summed E-state index contributed by atoms with van der Waals surface area (Å²) in [4.78, 5) is 2.63. The Hall–Kier alpha value is -0.860. The van der Waals surface area contributed by atoms with Crippen LogP contribution in [0, 0.1) is 5.92 Å². The SMILES string of the molecule is CCCNCC(c1ccccc1)N(C)C1CCC(C)CC1. The van der Waals surface area contributed by atoms with E-state index in [1.165, 1.54) is 37.7 Å². The van der Waals surface area contributed by atoms with Crippen molar-refractivity contribution in [1.82, 2.24) is 10.2 Å². The van der Waals surface area contributed by atoms with Gasteiger partial charge in [-0.2, -0.15) is 0 Å². The first kappa shape index (κ1) is 16.5. The van der Waals surface area contributed by atoms with Gasteiger partial charge in [-0.15, -0.1) is 0 Å². The standard InChI is InChI=1S/C19H32N2/c1-4-14-20-15-19(17-8-6-5-7-9-17)21(3)18-12-10-16(2)11-13-18/h5-9,16,18-20H,4,10-15H2,1-3H3. The van der Waals surface area contributed by atoms with Crippen LogP contribution >= 0.6 is 0 Å². The van der Waals surface area contributed by atoms with Gasteiger partial charge in [-0.05, 0) is 57.2 Å². The fourth-order valence-corrected chi connectivity index (χ4v) is 3.49. The first-order valence-corrected chi connectivity index (χ1v) is 8.70. The number of hydrogen-bond donors (Lipinski definition) is 1. The minimum atomic E-state index is 0.496. The van der Waals surface area contributed by atoms with E-state index in [1.807, 2.05) is 0 Å². The smallest absolute Gasteiger partial charge is 0.0472 e. The third-order valence-corrected chi connectivity index (χ3v) is 5.00. The molecule has 0 saturated heterocycles. The van der Waals surface area contributed by atoms with Gasteiger partial charge in [0.1, 0.15) is 0 Å². The summed E-state index contributed by atoms with van der Waals surface area (Å²) in [5, 5.41) is 3.62. The maximum Gasteiger partial charge on any atom is 0.0472 e. The highest BCUT2D eigenvalue weighted by atomic mass is 15.2. The van der Waals surface area contributed by atoms with Crippen LogP contribution in [-0.4, -0.2) is 31.1 Å². The minimum Gasteiger partial charge on any atom is -0.315 e. The molecule has 0 aromatic heterocycles. The Bertz CT molecular complexity index is 382. The van der Waals surface area contributed by atoms with Gasteiger partial charge in [-0.1, -0.05) is 44.2 Å². The van der Waals surface area contributed by atoms with Gasteiger partial charge in [-0.25, -0.2) is 0 Å². The number of hydrogen-bond acceptors (Lipinski definition) is 2. The lowest BCUT2D eigenvalue weighted by molar-refractivity contribution is 0.121. The van der Waals surface area contributed by atoms with E-state index in [0.717, 1.165) is 25.0 Å². The van der Waals surface area contributed by atoms with Crippen molar-refractivity contribution < 1.29 is 0 Å². The van der Waals surface area contributed by atoms with Crippen molar-refractivity contribution in [2.24, 2.45) is 5.92 Å². The second-order valence-corrected chi connectivity index (χ2v) is 6.71. The van der Waals surface area contributed by atoms with Crippen LogP contribution in [0.25, 0.3) is 0 Å². The fourth-order valence-electron chi connectivity index (χ4n) is 3.49. The molecule has 0 spiro atoms. The van der Waals surface area contributed by atoms with Crippen molar-refractivity contribution in [2.45, 2.75) is 58.0 Å². The highest BCUT2D eigenvalue weighted by Gasteiger charge is 2.27. The van der Waals surface area contributed by atoms with E-state index in [4.69, 9.17) is 0 Å². The number of benzene rings is 1. The van der Waals surface area contributed by atoms with Gasteiger partial charge in [0.15, 0.2) is 0 Å². The normalized spacial score (nSPS) is 24.2. The van der Waals surface area contributed by atoms with Crippen molar-refractivity contribution in [1.29, 1.82) is 0 Å². The van der Waals surface area contributed by atoms with Crippen molar-refractivity contribution in [3.63, 3.8) is 0 Å². The number of rotatable bonds is 7. The van der Waals surface area contributed by atoms with E-state index < -0.39 is 0 Å². The van der Waals surface area contributed by atoms with Gasteiger partial charge < -0.3 is 5.32 Å². The molecule has 2 rings (SSSR count). The molecule has 0 amide bonds. The lowest BCUT2D eigenvalue weighted by Gasteiger charge is -2.39. The lowest BCUT2D eigenvalue weighted by atomic mass is 9.86. The molecule has 1 aliphatic rings. The summed E-state index contributed by atoms with van der Waals surface area (Å²) >= 11 is 0. The zero-order chi connectivity index (χ0) is 15.1. The summed E-state index contributed by atoms with van der Waals surface area (Å²) in [6.45, 7) is 6.80. The van der Waals surface area contributed by atoms with Gasteiger partial charge in [0.25, 0.3) is 0 Å². The van der Waals surface area contributed by atoms with E-state index in [2.05, 4.69) is 61.4 Å². The first-order chi connectivity index (χ1) is 10.2. The zero-order valence-electron chi connectivity index (χ0n) is 14.0. The van der Waals surface area contributed by atoms with Crippen molar-refractivity contribution >= 4 is 0 Å². The van der Waals surface area contributed by atoms with Crippen LogP contribution in [0.1, 0.15) is 57.6 Å². The molecule has 2 nitrogen and oxygen atoms in total. The van der Waals surface area contributed by atoms with Crippen LogP contribution in [0.2, 0.25) is 0 Å². The average Bonchev–Trinajstić information content (AvgIpc) is 2.53. The molecular formula is C19H32N2. The Labute approximate surface area is 130 Å². The predicted molar refractivity (Wildman–Crippen MR) is 91.5 cm³/mol. The summed E-state index contributed by atoms with van der Waals surface area (Å²) in [7, 11) is 2.33. The molecule has 118 valence electrons. The molecule has 0 aliphatic heterocycles. The van der Waals surface area contributed by atoms with Gasteiger partial charge in [0.2, 0.25) is 0 Å². The second-order valence-electron chi connectivity index (χ2n) is 6.71. The molecule has 1 N–H and O–H groups in total. The Morgan fingerprint density at radius 3 is 2.43 bits per heavy atom. The summed E-state index contributed by atoms with van der Waals surface area (Å²) in [6, 6.07) is 12.2. The second kappa shape index (κ2) is 8.55. The first-order valence-electron chi connectivity index (χ1n) is 8.70. The van der Waals surface area contributed by atoms with E-state index >= 15 is 0 Å². The number of nitrogens with one attached hydrogen (secondary N) is 1. The van der Waals surface area contributed by atoms with Gasteiger partial charge in [0.05, 0.1) is 0 Å². The average molecular weight is 288 g/mol. The molecule has 0 heterocycles. The zero-order valence-corrected chi connectivity index (χ0v) is 14.0. The summed E-state index contributed by atoms with van der Waals surface area (Å²) < 4.78 is 0. The van der Waals surface area contributed by atoms with Crippen LogP contribution < -0.4 is 5.32 Å². The molecule has 1 atom stereocenters. The maximum absolute atomic E-state index is 3.62. The third-order valence-electron chi connectivity index (χ3n) is 5.00. The van der Waals surface area contributed by atoms with Crippen molar-refractivity contribution in [3.8, 4) is 0 Å². The molecular weight excluding hydrogens is 256 g/mol. The number of likely N-dealkylation sites (N-methyl/N-ethyl adjacent to an activating group) is 1. The Morgan fingerprint density at radius 2 is 1.81 bits per heavy atom. The molecule has 1 aromatic rings. The van der Waals surface area contributed by atoms with Crippen molar-refractivity contribution in [3.05, 3.63) is 35.9 Å². The summed E-state index contributed by atoms with van der Waals surface area (Å²) in [5.41, 5.74) is 1.45. The van der Waals surface area contributed by atoms with Gasteiger partial charge >= 0.3 is 0 Å². The quantitative estimate of drug-likeness (QED) is 0.755. The largest absolute Gasteiger partial charge is 0.315 e. The van der Waals surface area contributed by atoms with Crippen molar-refractivity contribution in [2.75, 3.05) is 20.1 Å². The molecule has 1 aliphatic carbocycles. The maximum atomic E-state index is 3.62. The van der Waals surface area contributed by atoms with Crippen LogP contribution in [0.15, 0.2) is 30.3 Å². The lowest BCUT2D eigenvalue weighted by Crippen LogP contribution is -2.41. The van der Waals surface area contributed by atoms with Gasteiger partial charge in [0, 0.05) is 18.6 Å². The molecule has 1 aromatic carbocycles. The molecule has 0 radical (unpaired) electrons. The van der Waals surface area contributed by atoms with E-state index in [1.54, 1.807) is 0 Å². The van der Waals surface area contributed by atoms with Crippen LogP contribution in [0.3, 0.4) is 0 Å². The number of nitrogens with zero attached hydrogens (tertiary/aromatic N) is 1. The Balaban J connectivity index is 2.03. The molecule has 1 saturated carbocycles.